The summed E-state index contributed by atoms with van der Waals surface area (Å²) in [6.07, 6.45) is 4.33. The van der Waals surface area contributed by atoms with Crippen LogP contribution in [0.3, 0.4) is 0 Å². The SMILES string of the molecule is N#Cc1ccnc(NCCCNc2ccccn2)c1. The standard InChI is InChI=1S/C14H15N5/c15-11-12-5-9-19-14(10-12)18-8-3-7-17-13-4-1-2-6-16-13/h1-2,4-6,9-10H,3,7-8H2,(H,16,17)(H,18,19). The van der Waals surface area contributed by atoms with Gasteiger partial charge < -0.3 is 10.6 Å². The quantitative estimate of drug-likeness (QED) is 0.772. The third-order valence-corrected chi connectivity index (χ3v) is 2.52. The number of anilines is 2. The molecule has 5 heteroatoms. The fourth-order valence-corrected chi connectivity index (χ4v) is 1.59. The van der Waals surface area contributed by atoms with E-state index in [0.29, 0.717) is 5.56 Å². The molecule has 0 radical (unpaired) electrons. The molecule has 96 valence electrons. The Morgan fingerprint density at radius 1 is 1.00 bits per heavy atom. The Hall–Kier alpha value is -2.61. The minimum atomic E-state index is 0.615. The average molecular weight is 253 g/mol. The van der Waals surface area contributed by atoms with Gasteiger partial charge in [0.05, 0.1) is 11.6 Å². The third kappa shape index (κ3) is 4.28. The molecule has 2 heterocycles. The Morgan fingerprint density at radius 3 is 2.53 bits per heavy atom. The summed E-state index contributed by atoms with van der Waals surface area (Å²) in [5, 5.41) is 15.2. The van der Waals surface area contributed by atoms with E-state index in [0.717, 1.165) is 31.1 Å². The van der Waals surface area contributed by atoms with Crippen LogP contribution in [0.4, 0.5) is 11.6 Å². The van der Waals surface area contributed by atoms with Gasteiger partial charge in [-0.15, -0.1) is 0 Å². The number of hydrogen-bond donors (Lipinski definition) is 2. The van der Waals surface area contributed by atoms with Gasteiger partial charge in [-0.05, 0) is 30.7 Å². The van der Waals surface area contributed by atoms with E-state index in [-0.39, 0.29) is 0 Å². The molecule has 0 unspecified atom stereocenters. The molecule has 0 aliphatic rings. The number of aromatic nitrogens is 2. The molecule has 0 atom stereocenters. The lowest BCUT2D eigenvalue weighted by molar-refractivity contribution is 0.898. The highest BCUT2D eigenvalue weighted by molar-refractivity contribution is 5.42. The molecule has 0 aromatic carbocycles. The molecular weight excluding hydrogens is 238 g/mol. The molecule has 0 fully saturated rings. The van der Waals surface area contributed by atoms with Gasteiger partial charge in [-0.3, -0.25) is 0 Å². The molecule has 2 aromatic heterocycles. The van der Waals surface area contributed by atoms with Gasteiger partial charge in [0.15, 0.2) is 0 Å². The molecule has 2 rings (SSSR count). The summed E-state index contributed by atoms with van der Waals surface area (Å²) >= 11 is 0. The van der Waals surface area contributed by atoms with Crippen LogP contribution < -0.4 is 10.6 Å². The zero-order chi connectivity index (χ0) is 13.3. The van der Waals surface area contributed by atoms with Crippen LogP contribution in [0.1, 0.15) is 12.0 Å². The Morgan fingerprint density at radius 2 is 1.79 bits per heavy atom. The Labute approximate surface area is 112 Å². The van der Waals surface area contributed by atoms with E-state index in [9.17, 15) is 0 Å². The molecule has 0 amide bonds. The van der Waals surface area contributed by atoms with E-state index in [1.807, 2.05) is 18.2 Å². The van der Waals surface area contributed by atoms with Crippen LogP contribution in [0.2, 0.25) is 0 Å². The van der Waals surface area contributed by atoms with Crippen molar-refractivity contribution in [1.29, 1.82) is 5.26 Å². The smallest absolute Gasteiger partial charge is 0.127 e. The molecule has 0 spiro atoms. The number of nitrogens with one attached hydrogen (secondary N) is 2. The first-order chi connectivity index (χ1) is 9.38. The van der Waals surface area contributed by atoms with Crippen LogP contribution in [0.25, 0.3) is 0 Å². The van der Waals surface area contributed by atoms with Crippen molar-refractivity contribution in [2.75, 3.05) is 23.7 Å². The van der Waals surface area contributed by atoms with Crippen molar-refractivity contribution in [3.8, 4) is 6.07 Å². The fraction of sp³-hybridized carbons (Fsp3) is 0.214. The zero-order valence-corrected chi connectivity index (χ0v) is 10.5. The third-order valence-electron chi connectivity index (χ3n) is 2.52. The van der Waals surface area contributed by atoms with Crippen LogP contribution in [-0.4, -0.2) is 23.1 Å². The maximum absolute atomic E-state index is 8.78. The topological polar surface area (TPSA) is 73.6 Å². The summed E-state index contributed by atoms with van der Waals surface area (Å²) in [6, 6.07) is 11.3. The van der Waals surface area contributed by atoms with Gasteiger partial charge in [-0.2, -0.15) is 5.26 Å². The van der Waals surface area contributed by atoms with Crippen LogP contribution in [-0.2, 0) is 0 Å². The molecule has 0 aliphatic carbocycles. The number of hydrogen-bond acceptors (Lipinski definition) is 5. The first kappa shape index (κ1) is 12.8. The van der Waals surface area contributed by atoms with Gasteiger partial charge in [0.1, 0.15) is 11.6 Å². The Balaban J connectivity index is 1.68. The molecular formula is C14H15N5. The average Bonchev–Trinajstić information content (AvgIpc) is 2.48. The summed E-state index contributed by atoms with van der Waals surface area (Å²) in [5.41, 5.74) is 0.615. The van der Waals surface area contributed by atoms with Crippen molar-refractivity contribution in [1.82, 2.24) is 9.97 Å². The monoisotopic (exact) mass is 253 g/mol. The second-order valence-electron chi connectivity index (χ2n) is 3.96. The molecule has 0 saturated heterocycles. The molecule has 2 aromatic rings. The summed E-state index contributed by atoms with van der Waals surface area (Å²) in [6.45, 7) is 1.63. The van der Waals surface area contributed by atoms with E-state index in [1.165, 1.54) is 0 Å². The predicted octanol–water partition coefficient (Wildman–Crippen LogP) is 2.26. The van der Waals surface area contributed by atoms with Crippen molar-refractivity contribution in [3.63, 3.8) is 0 Å². The minimum absolute atomic E-state index is 0.615. The minimum Gasteiger partial charge on any atom is -0.370 e. The van der Waals surface area contributed by atoms with Gasteiger partial charge in [0.2, 0.25) is 0 Å². The van der Waals surface area contributed by atoms with E-state index in [2.05, 4.69) is 26.7 Å². The molecule has 5 nitrogen and oxygen atoms in total. The van der Waals surface area contributed by atoms with Gasteiger partial charge in [0.25, 0.3) is 0 Å². The first-order valence-corrected chi connectivity index (χ1v) is 6.13. The number of nitriles is 1. The Bertz CT molecular complexity index is 547. The summed E-state index contributed by atoms with van der Waals surface area (Å²) < 4.78 is 0. The first-order valence-electron chi connectivity index (χ1n) is 6.13. The lowest BCUT2D eigenvalue weighted by Crippen LogP contribution is -2.10. The van der Waals surface area contributed by atoms with Crippen molar-refractivity contribution >= 4 is 11.6 Å². The normalized spacial score (nSPS) is 9.63. The molecule has 0 saturated carbocycles. The highest BCUT2D eigenvalue weighted by Gasteiger charge is 1.96. The van der Waals surface area contributed by atoms with E-state index >= 15 is 0 Å². The molecule has 2 N–H and O–H groups in total. The summed E-state index contributed by atoms with van der Waals surface area (Å²) in [7, 11) is 0. The van der Waals surface area contributed by atoms with E-state index < -0.39 is 0 Å². The maximum Gasteiger partial charge on any atom is 0.127 e. The van der Waals surface area contributed by atoms with Gasteiger partial charge in [-0.1, -0.05) is 6.07 Å². The van der Waals surface area contributed by atoms with E-state index in [1.54, 1.807) is 24.5 Å². The Kier molecular flexibility index (Phi) is 4.71. The highest BCUT2D eigenvalue weighted by atomic mass is 15.0. The number of rotatable bonds is 6. The van der Waals surface area contributed by atoms with Crippen molar-refractivity contribution in [2.24, 2.45) is 0 Å². The van der Waals surface area contributed by atoms with Crippen LogP contribution >= 0.6 is 0 Å². The van der Waals surface area contributed by atoms with Crippen LogP contribution in [0.15, 0.2) is 42.7 Å². The van der Waals surface area contributed by atoms with Gasteiger partial charge in [-0.25, -0.2) is 9.97 Å². The highest BCUT2D eigenvalue weighted by Crippen LogP contribution is 2.05. The molecule has 0 bridgehead atoms. The maximum atomic E-state index is 8.78. The predicted molar refractivity (Wildman–Crippen MR) is 74.8 cm³/mol. The summed E-state index contributed by atoms with van der Waals surface area (Å²) in [4.78, 5) is 8.33. The van der Waals surface area contributed by atoms with Gasteiger partial charge in [0, 0.05) is 25.5 Å². The second kappa shape index (κ2) is 6.97. The number of nitrogens with zero attached hydrogens (tertiary/aromatic N) is 3. The second-order valence-corrected chi connectivity index (χ2v) is 3.96. The van der Waals surface area contributed by atoms with Crippen molar-refractivity contribution in [2.45, 2.75) is 6.42 Å². The van der Waals surface area contributed by atoms with Crippen LogP contribution in [0, 0.1) is 11.3 Å². The van der Waals surface area contributed by atoms with Crippen molar-refractivity contribution < 1.29 is 0 Å². The molecule has 19 heavy (non-hydrogen) atoms. The number of pyridine rings is 2. The van der Waals surface area contributed by atoms with Crippen LogP contribution in [0.5, 0.6) is 0 Å². The lowest BCUT2D eigenvalue weighted by atomic mass is 10.3. The van der Waals surface area contributed by atoms with E-state index in [4.69, 9.17) is 5.26 Å². The molecule has 0 aliphatic heterocycles. The van der Waals surface area contributed by atoms with Crippen molar-refractivity contribution in [3.05, 3.63) is 48.3 Å². The summed E-state index contributed by atoms with van der Waals surface area (Å²) in [5.74, 6) is 1.61. The fourth-order valence-electron chi connectivity index (χ4n) is 1.59. The largest absolute Gasteiger partial charge is 0.370 e. The lowest BCUT2D eigenvalue weighted by Gasteiger charge is -2.07. The zero-order valence-electron chi connectivity index (χ0n) is 10.5. The van der Waals surface area contributed by atoms with Gasteiger partial charge >= 0.3 is 0 Å².